The van der Waals surface area contributed by atoms with Crippen molar-refractivity contribution < 1.29 is 14.4 Å². The highest BCUT2D eigenvalue weighted by Crippen LogP contribution is 2.09. The van der Waals surface area contributed by atoms with E-state index in [0.29, 0.717) is 5.56 Å². The second-order valence-electron chi connectivity index (χ2n) is 5.72. The standard InChI is InChI=1S/C16H21N3O2/c1-11-9-19(10-12(2)21-11)13(3)16(20)18-15-6-4-14(8-17)5-7-15/h4-7,11-13H,9-10H2,1-3H3,(H,18,20)/p+1/t11-,12-,13-/m0/s1. The van der Waals surface area contributed by atoms with Crippen LogP contribution >= 0.6 is 0 Å². The molecule has 1 aliphatic heterocycles. The average Bonchev–Trinajstić information content (AvgIpc) is 2.46. The van der Waals surface area contributed by atoms with E-state index >= 15 is 0 Å². The fourth-order valence-electron chi connectivity index (χ4n) is 2.73. The molecule has 112 valence electrons. The van der Waals surface area contributed by atoms with Gasteiger partial charge in [0.05, 0.1) is 11.6 Å². The van der Waals surface area contributed by atoms with Crippen LogP contribution in [0.2, 0.25) is 0 Å². The molecule has 5 heteroatoms. The third-order valence-electron chi connectivity index (χ3n) is 3.85. The second-order valence-corrected chi connectivity index (χ2v) is 5.72. The number of quaternary nitrogens is 1. The molecule has 1 aromatic rings. The number of benzene rings is 1. The summed E-state index contributed by atoms with van der Waals surface area (Å²) in [6.45, 7) is 7.71. The van der Waals surface area contributed by atoms with E-state index in [9.17, 15) is 4.79 Å². The van der Waals surface area contributed by atoms with Crippen molar-refractivity contribution in [1.29, 1.82) is 5.26 Å². The first-order valence-corrected chi connectivity index (χ1v) is 7.30. The van der Waals surface area contributed by atoms with Gasteiger partial charge in [0.2, 0.25) is 0 Å². The lowest BCUT2D eigenvalue weighted by Gasteiger charge is -2.35. The van der Waals surface area contributed by atoms with Crippen LogP contribution in [0, 0.1) is 11.3 Å². The van der Waals surface area contributed by atoms with Crippen LogP contribution in [0.4, 0.5) is 5.69 Å². The quantitative estimate of drug-likeness (QED) is 0.855. The van der Waals surface area contributed by atoms with Crippen molar-refractivity contribution in [3.05, 3.63) is 29.8 Å². The molecular weight excluding hydrogens is 266 g/mol. The summed E-state index contributed by atoms with van der Waals surface area (Å²) in [4.78, 5) is 13.6. The third-order valence-corrected chi connectivity index (χ3v) is 3.85. The molecule has 0 unspecified atom stereocenters. The Balaban J connectivity index is 1.97. The van der Waals surface area contributed by atoms with Crippen molar-refractivity contribution in [2.45, 2.75) is 39.0 Å². The molecule has 0 spiro atoms. The van der Waals surface area contributed by atoms with Crippen molar-refractivity contribution in [1.82, 2.24) is 0 Å². The maximum atomic E-state index is 12.3. The van der Waals surface area contributed by atoms with E-state index in [4.69, 9.17) is 10.00 Å². The highest BCUT2D eigenvalue weighted by molar-refractivity contribution is 5.93. The maximum absolute atomic E-state index is 12.3. The van der Waals surface area contributed by atoms with Crippen LogP contribution in [-0.4, -0.2) is 37.2 Å². The number of ether oxygens (including phenoxy) is 1. The number of hydrogen-bond acceptors (Lipinski definition) is 3. The number of morpholine rings is 1. The van der Waals surface area contributed by atoms with Crippen LogP contribution < -0.4 is 10.2 Å². The topological polar surface area (TPSA) is 66.6 Å². The molecule has 0 saturated carbocycles. The zero-order valence-electron chi connectivity index (χ0n) is 12.7. The van der Waals surface area contributed by atoms with Crippen molar-refractivity contribution in [2.75, 3.05) is 18.4 Å². The van der Waals surface area contributed by atoms with Gasteiger partial charge in [-0.15, -0.1) is 0 Å². The Morgan fingerprint density at radius 2 is 1.90 bits per heavy atom. The summed E-state index contributed by atoms with van der Waals surface area (Å²) in [5.74, 6) is -0.00370. The van der Waals surface area contributed by atoms with Crippen molar-refractivity contribution in [2.24, 2.45) is 0 Å². The van der Waals surface area contributed by atoms with Gasteiger partial charge in [-0.25, -0.2) is 0 Å². The van der Waals surface area contributed by atoms with Gasteiger partial charge in [0.15, 0.2) is 6.04 Å². The van der Waals surface area contributed by atoms with Crippen LogP contribution in [0.15, 0.2) is 24.3 Å². The van der Waals surface area contributed by atoms with Gasteiger partial charge in [0.25, 0.3) is 5.91 Å². The van der Waals surface area contributed by atoms with Crippen LogP contribution in [0.1, 0.15) is 26.3 Å². The number of nitriles is 1. The van der Waals surface area contributed by atoms with Gasteiger partial charge in [-0.3, -0.25) is 4.79 Å². The average molecular weight is 288 g/mol. The molecular formula is C16H22N3O2+. The van der Waals surface area contributed by atoms with Gasteiger partial charge in [-0.2, -0.15) is 5.26 Å². The number of amides is 1. The van der Waals surface area contributed by atoms with Gasteiger partial charge in [0, 0.05) is 5.69 Å². The van der Waals surface area contributed by atoms with E-state index < -0.39 is 0 Å². The lowest BCUT2D eigenvalue weighted by molar-refractivity contribution is -0.928. The van der Waals surface area contributed by atoms with E-state index in [-0.39, 0.29) is 24.2 Å². The molecule has 0 aromatic heterocycles. The van der Waals surface area contributed by atoms with Crippen molar-refractivity contribution in [3.63, 3.8) is 0 Å². The van der Waals surface area contributed by atoms with E-state index in [0.717, 1.165) is 18.8 Å². The Hall–Kier alpha value is -1.90. The minimum atomic E-state index is -0.130. The number of hydrogen-bond donors (Lipinski definition) is 2. The smallest absolute Gasteiger partial charge is 0.282 e. The van der Waals surface area contributed by atoms with Gasteiger partial charge in [0.1, 0.15) is 25.3 Å². The first-order valence-electron chi connectivity index (χ1n) is 7.30. The highest BCUT2D eigenvalue weighted by Gasteiger charge is 2.32. The number of carbonyl (C=O) groups excluding carboxylic acids is 1. The van der Waals surface area contributed by atoms with E-state index in [1.807, 2.05) is 20.8 Å². The Morgan fingerprint density at radius 3 is 2.43 bits per heavy atom. The summed E-state index contributed by atoms with van der Waals surface area (Å²) in [5, 5.41) is 11.7. The van der Waals surface area contributed by atoms with Crippen LogP contribution in [0.3, 0.4) is 0 Å². The van der Waals surface area contributed by atoms with E-state index in [1.165, 1.54) is 4.90 Å². The van der Waals surface area contributed by atoms with Crippen LogP contribution in [0.25, 0.3) is 0 Å². The SMILES string of the molecule is C[C@H]1C[NH+]([C@@H](C)C(=O)Nc2ccc(C#N)cc2)C[C@H](C)O1. The predicted molar refractivity (Wildman–Crippen MR) is 80.0 cm³/mol. The molecule has 0 bridgehead atoms. The molecule has 1 amide bonds. The molecule has 3 atom stereocenters. The fourth-order valence-corrected chi connectivity index (χ4v) is 2.73. The third kappa shape index (κ3) is 4.03. The summed E-state index contributed by atoms with van der Waals surface area (Å²) in [5.41, 5.74) is 1.31. The first kappa shape index (κ1) is 15.5. The summed E-state index contributed by atoms with van der Waals surface area (Å²) in [6.07, 6.45) is 0.350. The number of anilines is 1. The molecule has 1 heterocycles. The fraction of sp³-hybridized carbons (Fsp3) is 0.500. The molecule has 21 heavy (non-hydrogen) atoms. The monoisotopic (exact) mass is 288 g/mol. The van der Waals surface area contributed by atoms with Gasteiger partial charge in [-0.05, 0) is 45.0 Å². The maximum Gasteiger partial charge on any atom is 0.282 e. The predicted octanol–water partition coefficient (Wildman–Crippen LogP) is 0.577. The normalized spacial score (nSPS) is 26.7. The van der Waals surface area contributed by atoms with Crippen molar-refractivity contribution >= 4 is 11.6 Å². The molecule has 1 saturated heterocycles. The van der Waals surface area contributed by atoms with Gasteiger partial charge < -0.3 is 15.0 Å². The number of nitrogens with zero attached hydrogens (tertiary/aromatic N) is 1. The van der Waals surface area contributed by atoms with Gasteiger partial charge >= 0.3 is 0 Å². The Labute approximate surface area is 125 Å². The Kier molecular flexibility index (Phi) is 4.94. The molecule has 0 aliphatic carbocycles. The zero-order valence-corrected chi connectivity index (χ0v) is 12.7. The lowest BCUT2D eigenvalue weighted by Crippen LogP contribution is -3.19. The zero-order chi connectivity index (χ0) is 15.4. The molecule has 5 nitrogen and oxygen atoms in total. The van der Waals surface area contributed by atoms with Crippen LogP contribution in [-0.2, 0) is 9.53 Å². The Morgan fingerprint density at radius 1 is 1.33 bits per heavy atom. The Bertz CT molecular complexity index is 525. The lowest BCUT2D eigenvalue weighted by atomic mass is 10.1. The molecule has 1 fully saturated rings. The summed E-state index contributed by atoms with van der Waals surface area (Å²) < 4.78 is 5.71. The number of nitrogens with one attached hydrogen (secondary N) is 2. The minimum Gasteiger partial charge on any atom is -0.364 e. The summed E-state index contributed by atoms with van der Waals surface area (Å²) in [6, 6.07) is 8.84. The van der Waals surface area contributed by atoms with Gasteiger partial charge in [-0.1, -0.05) is 0 Å². The molecule has 2 N–H and O–H groups in total. The van der Waals surface area contributed by atoms with Crippen LogP contribution in [0.5, 0.6) is 0 Å². The largest absolute Gasteiger partial charge is 0.364 e. The number of carbonyl (C=O) groups is 1. The minimum absolute atomic E-state index is 0.00370. The molecule has 1 aromatic carbocycles. The van der Waals surface area contributed by atoms with E-state index in [1.54, 1.807) is 24.3 Å². The number of rotatable bonds is 3. The molecule has 2 rings (SSSR count). The second kappa shape index (κ2) is 6.70. The van der Waals surface area contributed by atoms with Crippen molar-refractivity contribution in [3.8, 4) is 6.07 Å². The van der Waals surface area contributed by atoms with E-state index in [2.05, 4.69) is 11.4 Å². The summed E-state index contributed by atoms with van der Waals surface area (Å²) >= 11 is 0. The summed E-state index contributed by atoms with van der Waals surface area (Å²) in [7, 11) is 0. The highest BCUT2D eigenvalue weighted by atomic mass is 16.5. The molecule has 0 radical (unpaired) electrons. The molecule has 1 aliphatic rings. The first-order chi connectivity index (χ1) is 9.99.